The normalized spacial score (nSPS) is 10.6. The van der Waals surface area contributed by atoms with Gasteiger partial charge in [-0.2, -0.15) is 0 Å². The van der Waals surface area contributed by atoms with E-state index in [0.29, 0.717) is 24.6 Å². The summed E-state index contributed by atoms with van der Waals surface area (Å²) in [5.41, 5.74) is 1.09. The Kier molecular flexibility index (Phi) is 6.84. The lowest BCUT2D eigenvalue weighted by molar-refractivity contribution is 0.0958. The summed E-state index contributed by atoms with van der Waals surface area (Å²) >= 11 is 3.03. The number of nitrogens with zero attached hydrogens (tertiary/aromatic N) is 1. The van der Waals surface area contributed by atoms with Gasteiger partial charge in [0, 0.05) is 6.54 Å². The molecular formula is C20H22N2O3S2. The Bertz CT molecular complexity index is 875. The smallest absolute Gasteiger partial charge is 0.263 e. The number of hydrogen-bond donors (Lipinski definition) is 1. The van der Waals surface area contributed by atoms with E-state index in [9.17, 15) is 4.79 Å². The fourth-order valence-electron chi connectivity index (χ4n) is 2.55. The van der Waals surface area contributed by atoms with Crippen molar-refractivity contribution in [2.24, 2.45) is 0 Å². The molecule has 0 aliphatic heterocycles. The Labute approximate surface area is 167 Å². The van der Waals surface area contributed by atoms with E-state index in [1.165, 1.54) is 11.3 Å². The van der Waals surface area contributed by atoms with Crippen molar-refractivity contribution >= 4 is 28.6 Å². The number of thiophene rings is 1. The maximum atomic E-state index is 12.3. The van der Waals surface area contributed by atoms with E-state index in [-0.39, 0.29) is 5.91 Å². The van der Waals surface area contributed by atoms with Crippen LogP contribution in [0.4, 0.5) is 0 Å². The van der Waals surface area contributed by atoms with Crippen LogP contribution in [0, 0.1) is 0 Å². The van der Waals surface area contributed by atoms with Crippen molar-refractivity contribution in [1.82, 2.24) is 10.3 Å². The summed E-state index contributed by atoms with van der Waals surface area (Å²) in [7, 11) is 0. The molecule has 0 aliphatic rings. The summed E-state index contributed by atoms with van der Waals surface area (Å²) in [5, 5.41) is 5.84. The van der Waals surface area contributed by atoms with Crippen LogP contribution in [-0.4, -0.2) is 30.6 Å². The third kappa shape index (κ3) is 5.08. The Balaban J connectivity index is 1.56. The molecule has 1 amide bonds. The molecule has 7 heteroatoms. The van der Waals surface area contributed by atoms with Gasteiger partial charge < -0.3 is 14.8 Å². The molecule has 0 unspecified atom stereocenters. The largest absolute Gasteiger partial charge is 0.490 e. The number of ether oxygens (including phenoxy) is 2. The molecule has 27 heavy (non-hydrogen) atoms. The minimum Gasteiger partial charge on any atom is -0.490 e. The molecule has 0 spiro atoms. The Morgan fingerprint density at radius 2 is 1.96 bits per heavy atom. The Morgan fingerprint density at radius 1 is 1.15 bits per heavy atom. The van der Waals surface area contributed by atoms with Gasteiger partial charge in [-0.3, -0.25) is 4.79 Å². The van der Waals surface area contributed by atoms with E-state index in [1.54, 1.807) is 17.5 Å². The molecule has 3 rings (SSSR count). The first kappa shape index (κ1) is 19.4. The van der Waals surface area contributed by atoms with Gasteiger partial charge in [-0.15, -0.1) is 22.7 Å². The minimum absolute atomic E-state index is 0.0914. The van der Waals surface area contributed by atoms with Gasteiger partial charge in [-0.1, -0.05) is 12.1 Å². The highest BCUT2D eigenvalue weighted by atomic mass is 32.1. The number of hydrogen-bond acceptors (Lipinski definition) is 6. The molecule has 0 saturated carbocycles. The topological polar surface area (TPSA) is 60.5 Å². The van der Waals surface area contributed by atoms with Gasteiger partial charge in [-0.25, -0.2) is 4.98 Å². The summed E-state index contributed by atoms with van der Waals surface area (Å²) in [6.45, 7) is 5.62. The quantitative estimate of drug-likeness (QED) is 0.566. The number of amides is 1. The molecule has 1 aromatic carbocycles. The van der Waals surface area contributed by atoms with Crippen LogP contribution in [0.15, 0.2) is 41.9 Å². The van der Waals surface area contributed by atoms with Crippen LogP contribution in [0.3, 0.4) is 0 Å². The number of aromatic nitrogens is 1. The second kappa shape index (κ2) is 9.53. The minimum atomic E-state index is -0.0914. The molecule has 0 bridgehead atoms. The molecule has 142 valence electrons. The molecular weight excluding hydrogens is 380 g/mol. The zero-order valence-corrected chi connectivity index (χ0v) is 17.0. The van der Waals surface area contributed by atoms with Crippen LogP contribution < -0.4 is 14.8 Å². The number of nitrogens with one attached hydrogen (secondary N) is 1. The van der Waals surface area contributed by atoms with Crippen molar-refractivity contribution in [1.29, 1.82) is 0 Å². The molecule has 0 fully saturated rings. The van der Waals surface area contributed by atoms with Gasteiger partial charge in [0.1, 0.15) is 9.88 Å². The molecule has 1 N–H and O–H groups in total. The standard InChI is InChI=1S/C20H22N2O3S2/c1-3-24-15-8-7-14(12-16(15)25-4-2)9-10-21-19(23)18-13-22-20(27-18)17-6-5-11-26-17/h5-8,11-13H,3-4,9-10H2,1-2H3,(H,21,23). The maximum Gasteiger partial charge on any atom is 0.263 e. The summed E-state index contributed by atoms with van der Waals surface area (Å²) < 4.78 is 11.2. The van der Waals surface area contributed by atoms with Gasteiger partial charge >= 0.3 is 0 Å². The van der Waals surface area contributed by atoms with Gasteiger partial charge in [0.05, 0.1) is 24.3 Å². The highest BCUT2D eigenvalue weighted by Crippen LogP contribution is 2.29. The first-order valence-corrected chi connectivity index (χ1v) is 10.6. The van der Waals surface area contributed by atoms with Crippen molar-refractivity contribution in [3.05, 3.63) is 52.3 Å². The third-order valence-electron chi connectivity index (χ3n) is 3.77. The van der Waals surface area contributed by atoms with Gasteiger partial charge in [0.25, 0.3) is 5.91 Å². The number of carbonyl (C=O) groups excluding carboxylic acids is 1. The van der Waals surface area contributed by atoms with Gasteiger partial charge in [0.2, 0.25) is 0 Å². The predicted molar refractivity (Wildman–Crippen MR) is 110 cm³/mol. The molecule has 0 saturated heterocycles. The zero-order chi connectivity index (χ0) is 19.1. The molecule has 0 atom stereocenters. The Hall–Kier alpha value is -2.38. The van der Waals surface area contributed by atoms with E-state index in [2.05, 4.69) is 10.3 Å². The average Bonchev–Trinajstić information content (AvgIpc) is 3.35. The van der Waals surface area contributed by atoms with Crippen molar-refractivity contribution in [3.63, 3.8) is 0 Å². The second-order valence-electron chi connectivity index (χ2n) is 5.66. The molecule has 2 heterocycles. The first-order chi connectivity index (χ1) is 13.2. The van der Waals surface area contributed by atoms with Crippen LogP contribution in [0.5, 0.6) is 11.5 Å². The molecule has 0 radical (unpaired) electrons. The number of carbonyl (C=O) groups is 1. The number of thiazole rings is 1. The summed E-state index contributed by atoms with van der Waals surface area (Å²) in [6, 6.07) is 9.88. The molecule has 5 nitrogen and oxygen atoms in total. The van der Waals surface area contributed by atoms with Crippen LogP contribution in [0.2, 0.25) is 0 Å². The first-order valence-electron chi connectivity index (χ1n) is 8.87. The predicted octanol–water partition coefficient (Wildman–Crippen LogP) is 4.64. The van der Waals surface area contributed by atoms with Gasteiger partial charge in [0.15, 0.2) is 11.5 Å². The molecule has 2 aromatic heterocycles. The van der Waals surface area contributed by atoms with Crippen LogP contribution in [-0.2, 0) is 6.42 Å². The fourth-order valence-corrected chi connectivity index (χ4v) is 4.19. The lowest BCUT2D eigenvalue weighted by Crippen LogP contribution is -2.24. The summed E-state index contributed by atoms with van der Waals surface area (Å²) in [4.78, 5) is 18.4. The highest BCUT2D eigenvalue weighted by molar-refractivity contribution is 7.21. The summed E-state index contributed by atoms with van der Waals surface area (Å²) in [5.74, 6) is 1.40. The van der Waals surface area contributed by atoms with E-state index < -0.39 is 0 Å². The van der Waals surface area contributed by atoms with Crippen molar-refractivity contribution < 1.29 is 14.3 Å². The van der Waals surface area contributed by atoms with E-state index in [0.717, 1.165) is 33.4 Å². The van der Waals surface area contributed by atoms with E-state index in [1.807, 2.05) is 49.6 Å². The van der Waals surface area contributed by atoms with Crippen molar-refractivity contribution in [3.8, 4) is 21.4 Å². The zero-order valence-electron chi connectivity index (χ0n) is 15.4. The maximum absolute atomic E-state index is 12.3. The number of rotatable bonds is 9. The van der Waals surface area contributed by atoms with Crippen molar-refractivity contribution in [2.75, 3.05) is 19.8 Å². The van der Waals surface area contributed by atoms with E-state index >= 15 is 0 Å². The third-order valence-corrected chi connectivity index (χ3v) is 5.80. The second-order valence-corrected chi connectivity index (χ2v) is 7.64. The lowest BCUT2D eigenvalue weighted by Gasteiger charge is -2.12. The fraction of sp³-hybridized carbons (Fsp3) is 0.300. The van der Waals surface area contributed by atoms with E-state index in [4.69, 9.17) is 9.47 Å². The summed E-state index contributed by atoms with van der Waals surface area (Å²) in [6.07, 6.45) is 2.36. The lowest BCUT2D eigenvalue weighted by atomic mass is 10.1. The van der Waals surface area contributed by atoms with Crippen LogP contribution >= 0.6 is 22.7 Å². The molecule has 3 aromatic rings. The van der Waals surface area contributed by atoms with Crippen molar-refractivity contribution in [2.45, 2.75) is 20.3 Å². The monoisotopic (exact) mass is 402 g/mol. The Morgan fingerprint density at radius 3 is 2.70 bits per heavy atom. The van der Waals surface area contributed by atoms with Crippen LogP contribution in [0.25, 0.3) is 9.88 Å². The SMILES string of the molecule is CCOc1ccc(CCNC(=O)c2cnc(-c3cccs3)s2)cc1OCC. The van der Waals surface area contributed by atoms with Gasteiger partial charge in [-0.05, 0) is 49.4 Å². The molecule has 0 aliphatic carbocycles. The van der Waals surface area contributed by atoms with Crippen LogP contribution in [0.1, 0.15) is 29.1 Å². The highest BCUT2D eigenvalue weighted by Gasteiger charge is 2.12. The number of benzene rings is 1. The average molecular weight is 403 g/mol.